The van der Waals surface area contributed by atoms with Crippen LogP contribution in [0.15, 0.2) is 18.5 Å². The molecule has 8 nitrogen and oxygen atoms in total. The molecular weight excluding hydrogens is 322 g/mol. The van der Waals surface area contributed by atoms with Gasteiger partial charge in [-0.3, -0.25) is 4.79 Å². The summed E-state index contributed by atoms with van der Waals surface area (Å²) in [5.74, 6) is 2.10. The standard InChI is InChI=1S/C17H23N5O3/c1-24-14-8-12-13(9-15(14)25-2)19-11-20-17(12)22-5-3-4-21(6-7-22)16(23)10-18/h8-9,11H,3-7,10,18H2,1-2H3. The van der Waals surface area contributed by atoms with E-state index in [1.54, 1.807) is 20.5 Å². The first-order valence-electron chi connectivity index (χ1n) is 8.27. The Morgan fingerprint density at radius 2 is 1.88 bits per heavy atom. The second-order valence-electron chi connectivity index (χ2n) is 5.85. The first-order chi connectivity index (χ1) is 12.2. The second-order valence-corrected chi connectivity index (χ2v) is 5.85. The van der Waals surface area contributed by atoms with Crippen LogP contribution < -0.4 is 20.1 Å². The number of nitrogens with two attached hydrogens (primary N) is 1. The fraction of sp³-hybridized carbons (Fsp3) is 0.471. The maximum Gasteiger partial charge on any atom is 0.236 e. The summed E-state index contributed by atoms with van der Waals surface area (Å²) in [5, 5.41) is 0.902. The first kappa shape index (κ1) is 17.2. The highest BCUT2D eigenvalue weighted by atomic mass is 16.5. The minimum absolute atomic E-state index is 0.0131. The number of amides is 1. The topological polar surface area (TPSA) is 93.8 Å². The molecule has 25 heavy (non-hydrogen) atoms. The molecule has 2 aromatic rings. The molecule has 1 aliphatic heterocycles. The van der Waals surface area contributed by atoms with Gasteiger partial charge in [0.05, 0.1) is 26.3 Å². The van der Waals surface area contributed by atoms with E-state index in [-0.39, 0.29) is 12.5 Å². The van der Waals surface area contributed by atoms with Crippen molar-refractivity contribution in [3.05, 3.63) is 18.5 Å². The van der Waals surface area contributed by atoms with E-state index in [1.807, 2.05) is 17.0 Å². The van der Waals surface area contributed by atoms with Gasteiger partial charge in [0.25, 0.3) is 0 Å². The van der Waals surface area contributed by atoms with Crippen LogP contribution in [-0.2, 0) is 4.79 Å². The molecule has 0 unspecified atom stereocenters. The molecule has 2 N–H and O–H groups in total. The van der Waals surface area contributed by atoms with E-state index in [4.69, 9.17) is 15.2 Å². The quantitative estimate of drug-likeness (QED) is 0.869. The van der Waals surface area contributed by atoms with Gasteiger partial charge in [-0.2, -0.15) is 0 Å². The SMILES string of the molecule is COc1cc2ncnc(N3CCCN(C(=O)CN)CC3)c2cc1OC. The van der Waals surface area contributed by atoms with E-state index in [2.05, 4.69) is 14.9 Å². The molecule has 2 heterocycles. The number of fused-ring (bicyclic) bond motifs is 1. The highest BCUT2D eigenvalue weighted by Gasteiger charge is 2.21. The molecule has 1 saturated heterocycles. The van der Waals surface area contributed by atoms with Gasteiger partial charge in [0, 0.05) is 37.6 Å². The third-order valence-electron chi connectivity index (χ3n) is 4.44. The number of ether oxygens (including phenoxy) is 2. The van der Waals surface area contributed by atoms with Crippen LogP contribution >= 0.6 is 0 Å². The normalized spacial score (nSPS) is 15.2. The maximum atomic E-state index is 11.9. The summed E-state index contributed by atoms with van der Waals surface area (Å²) in [7, 11) is 3.21. The third kappa shape index (κ3) is 3.43. The fourth-order valence-corrected chi connectivity index (χ4v) is 3.13. The van der Waals surface area contributed by atoms with Gasteiger partial charge in [0.1, 0.15) is 12.1 Å². The Balaban J connectivity index is 1.94. The van der Waals surface area contributed by atoms with Crippen LogP contribution in [0.2, 0.25) is 0 Å². The van der Waals surface area contributed by atoms with Gasteiger partial charge in [-0.05, 0) is 12.5 Å². The molecule has 0 radical (unpaired) electrons. The molecule has 1 aromatic carbocycles. The number of aromatic nitrogens is 2. The van der Waals surface area contributed by atoms with Crippen molar-refractivity contribution >= 4 is 22.6 Å². The molecule has 1 aromatic heterocycles. The lowest BCUT2D eigenvalue weighted by atomic mass is 10.2. The average Bonchev–Trinajstić information content (AvgIpc) is 2.91. The average molecular weight is 345 g/mol. The molecule has 1 amide bonds. The Hall–Kier alpha value is -2.61. The predicted molar refractivity (Wildman–Crippen MR) is 95.1 cm³/mol. The lowest BCUT2D eigenvalue weighted by Crippen LogP contribution is -2.38. The van der Waals surface area contributed by atoms with E-state index in [0.29, 0.717) is 31.1 Å². The number of methoxy groups -OCH3 is 2. The molecule has 1 fully saturated rings. The van der Waals surface area contributed by atoms with Crippen LogP contribution in [0.4, 0.5) is 5.82 Å². The van der Waals surface area contributed by atoms with Crippen molar-refractivity contribution in [2.75, 3.05) is 51.8 Å². The highest BCUT2D eigenvalue weighted by molar-refractivity contribution is 5.92. The van der Waals surface area contributed by atoms with Gasteiger partial charge in [-0.15, -0.1) is 0 Å². The molecule has 134 valence electrons. The van der Waals surface area contributed by atoms with E-state index in [9.17, 15) is 4.79 Å². The van der Waals surface area contributed by atoms with Crippen LogP contribution in [0.3, 0.4) is 0 Å². The summed E-state index contributed by atoms with van der Waals surface area (Å²) >= 11 is 0. The zero-order valence-electron chi connectivity index (χ0n) is 14.6. The smallest absolute Gasteiger partial charge is 0.236 e. The predicted octanol–water partition coefficient (Wildman–Crippen LogP) is 0.644. The minimum Gasteiger partial charge on any atom is -0.493 e. The van der Waals surface area contributed by atoms with Gasteiger partial charge in [0.15, 0.2) is 11.5 Å². The van der Waals surface area contributed by atoms with Gasteiger partial charge in [-0.25, -0.2) is 9.97 Å². The van der Waals surface area contributed by atoms with E-state index in [0.717, 1.165) is 29.7 Å². The van der Waals surface area contributed by atoms with Crippen LogP contribution in [0.1, 0.15) is 6.42 Å². The molecule has 8 heteroatoms. The van der Waals surface area contributed by atoms with Crippen molar-refractivity contribution < 1.29 is 14.3 Å². The van der Waals surface area contributed by atoms with Crippen molar-refractivity contribution in [2.45, 2.75) is 6.42 Å². The summed E-state index contributed by atoms with van der Waals surface area (Å²) in [6.07, 6.45) is 2.42. The summed E-state index contributed by atoms with van der Waals surface area (Å²) in [6, 6.07) is 3.75. The maximum absolute atomic E-state index is 11.9. The highest BCUT2D eigenvalue weighted by Crippen LogP contribution is 2.34. The molecule has 1 aliphatic rings. The van der Waals surface area contributed by atoms with E-state index in [1.165, 1.54) is 0 Å². The Kier molecular flexibility index (Phi) is 5.18. The number of carbonyl (C=O) groups excluding carboxylic acids is 1. The van der Waals surface area contributed by atoms with Gasteiger partial charge in [0.2, 0.25) is 5.91 Å². The number of hydrogen-bond acceptors (Lipinski definition) is 7. The Morgan fingerprint density at radius 1 is 1.12 bits per heavy atom. The van der Waals surface area contributed by atoms with E-state index >= 15 is 0 Å². The Morgan fingerprint density at radius 3 is 2.60 bits per heavy atom. The molecule has 0 spiro atoms. The number of hydrogen-bond donors (Lipinski definition) is 1. The molecule has 0 saturated carbocycles. The lowest BCUT2D eigenvalue weighted by Gasteiger charge is -2.24. The molecule has 0 bridgehead atoms. The Labute approximate surface area is 146 Å². The Bertz CT molecular complexity index is 767. The number of nitrogens with zero attached hydrogens (tertiary/aromatic N) is 4. The lowest BCUT2D eigenvalue weighted by molar-refractivity contribution is -0.129. The van der Waals surface area contributed by atoms with Gasteiger partial charge >= 0.3 is 0 Å². The zero-order valence-corrected chi connectivity index (χ0v) is 14.6. The largest absolute Gasteiger partial charge is 0.493 e. The van der Waals surface area contributed by atoms with Crippen molar-refractivity contribution in [3.63, 3.8) is 0 Å². The van der Waals surface area contributed by atoms with Crippen LogP contribution in [-0.4, -0.2) is 67.7 Å². The van der Waals surface area contributed by atoms with Gasteiger partial charge < -0.3 is 25.0 Å². The number of carbonyl (C=O) groups is 1. The fourth-order valence-electron chi connectivity index (χ4n) is 3.13. The summed E-state index contributed by atoms with van der Waals surface area (Å²) in [5.41, 5.74) is 6.28. The second kappa shape index (κ2) is 7.52. The summed E-state index contributed by atoms with van der Waals surface area (Å²) in [6.45, 7) is 2.91. The van der Waals surface area contributed by atoms with Crippen molar-refractivity contribution in [2.24, 2.45) is 5.73 Å². The number of benzene rings is 1. The molecule has 3 rings (SSSR count). The number of rotatable bonds is 4. The zero-order chi connectivity index (χ0) is 17.8. The monoisotopic (exact) mass is 345 g/mol. The summed E-state index contributed by atoms with van der Waals surface area (Å²) < 4.78 is 10.8. The summed E-state index contributed by atoms with van der Waals surface area (Å²) in [4.78, 5) is 24.7. The molecular formula is C17H23N5O3. The number of anilines is 1. The van der Waals surface area contributed by atoms with Crippen LogP contribution in [0, 0.1) is 0 Å². The molecule has 0 atom stereocenters. The van der Waals surface area contributed by atoms with E-state index < -0.39 is 0 Å². The minimum atomic E-state index is -0.0131. The van der Waals surface area contributed by atoms with Crippen molar-refractivity contribution in [1.29, 1.82) is 0 Å². The first-order valence-corrected chi connectivity index (χ1v) is 8.27. The molecule has 0 aliphatic carbocycles. The van der Waals surface area contributed by atoms with Crippen LogP contribution in [0.5, 0.6) is 11.5 Å². The van der Waals surface area contributed by atoms with Crippen molar-refractivity contribution in [1.82, 2.24) is 14.9 Å². The van der Waals surface area contributed by atoms with Crippen LogP contribution in [0.25, 0.3) is 10.9 Å². The third-order valence-corrected chi connectivity index (χ3v) is 4.44. The van der Waals surface area contributed by atoms with Gasteiger partial charge in [-0.1, -0.05) is 0 Å². The van der Waals surface area contributed by atoms with Crippen molar-refractivity contribution in [3.8, 4) is 11.5 Å².